The van der Waals surface area contributed by atoms with E-state index in [2.05, 4.69) is 0 Å². The molecule has 3 aromatic carbocycles. The molecule has 1 aliphatic heterocycles. The summed E-state index contributed by atoms with van der Waals surface area (Å²) in [5.41, 5.74) is 2.57. The van der Waals surface area contributed by atoms with E-state index in [1.54, 1.807) is 44.2 Å². The summed E-state index contributed by atoms with van der Waals surface area (Å²) in [6, 6.07) is 15.8. The molecule has 0 radical (unpaired) electrons. The number of benzene rings is 2. The molecule has 1 aliphatic rings. The molecule has 0 spiro atoms. The van der Waals surface area contributed by atoms with Gasteiger partial charge in [0.05, 0.1) is 16.3 Å². The molecule has 6 heteroatoms. The average molecular weight is 428 g/mol. The third-order valence-electron chi connectivity index (χ3n) is 5.52. The Bertz CT molecular complexity index is 1430. The van der Waals surface area contributed by atoms with Crippen LogP contribution in [-0.2, 0) is 0 Å². The van der Waals surface area contributed by atoms with Gasteiger partial charge in [-0.3, -0.25) is 4.79 Å². The van der Waals surface area contributed by atoms with Crippen LogP contribution >= 0.6 is 0 Å². The molecular weight excluding hydrogens is 408 g/mol. The summed E-state index contributed by atoms with van der Waals surface area (Å²) in [6.07, 6.45) is 0. The van der Waals surface area contributed by atoms with Crippen LogP contribution in [0, 0.1) is 20.8 Å². The topological polar surface area (TPSA) is 75.0 Å². The van der Waals surface area contributed by atoms with E-state index >= 15 is 0 Å². The molecule has 6 nitrogen and oxygen atoms in total. The Labute approximate surface area is 184 Å². The lowest BCUT2D eigenvalue weighted by Crippen LogP contribution is -2.08. The second-order valence-electron chi connectivity index (χ2n) is 7.76. The van der Waals surface area contributed by atoms with Crippen molar-refractivity contribution < 1.29 is 23.4 Å². The average Bonchev–Trinajstić information content (AvgIpc) is 3.31. The van der Waals surface area contributed by atoms with Gasteiger partial charge in [0.25, 0.3) is 0 Å². The van der Waals surface area contributed by atoms with Gasteiger partial charge in [0.1, 0.15) is 17.3 Å². The van der Waals surface area contributed by atoms with Crippen LogP contribution in [0.3, 0.4) is 0 Å². The Morgan fingerprint density at radius 2 is 1.53 bits per heavy atom. The van der Waals surface area contributed by atoms with Crippen LogP contribution in [-0.4, -0.2) is 12.8 Å². The molecule has 5 rings (SSSR count). The van der Waals surface area contributed by atoms with Gasteiger partial charge in [-0.05, 0) is 68.3 Å². The highest BCUT2D eigenvalue weighted by molar-refractivity contribution is 5.97. The maximum Gasteiger partial charge on any atom is 0.343 e. The number of aryl methyl sites for hydroxylation is 3. The summed E-state index contributed by atoms with van der Waals surface area (Å²) in [6.45, 7) is 5.57. The standard InChI is InChI=1S/C26H20O6/c1-14-4-6-17(7-5-14)26(28)32-23-12-19(18-8-9-21-22(11-18)30-13-29-21)10-20(27)24-15(2)31-16(3)25(23)24/h4-12H,13H2,1-3H3. The summed E-state index contributed by atoms with van der Waals surface area (Å²) in [5, 5.41) is 0.876. The lowest BCUT2D eigenvalue weighted by molar-refractivity contribution is 0.0737. The Balaban J connectivity index is 1.69. The van der Waals surface area contributed by atoms with E-state index < -0.39 is 5.97 Å². The van der Waals surface area contributed by atoms with Crippen LogP contribution in [0.4, 0.5) is 0 Å². The summed E-state index contributed by atoms with van der Waals surface area (Å²) in [4.78, 5) is 26.0. The minimum atomic E-state index is -0.514. The third kappa shape index (κ3) is 3.39. The maximum atomic E-state index is 13.1. The molecular formula is C26H20O6. The van der Waals surface area contributed by atoms with Crippen LogP contribution in [0.25, 0.3) is 21.9 Å². The number of hydrogen-bond acceptors (Lipinski definition) is 6. The first-order valence-corrected chi connectivity index (χ1v) is 10.2. The number of carbonyl (C=O) groups excluding carboxylic acids is 1. The third-order valence-corrected chi connectivity index (χ3v) is 5.52. The number of carbonyl (C=O) groups is 1. The second kappa shape index (κ2) is 7.57. The van der Waals surface area contributed by atoms with Crippen molar-refractivity contribution in [2.75, 3.05) is 6.79 Å². The van der Waals surface area contributed by atoms with E-state index in [0.29, 0.717) is 44.9 Å². The zero-order valence-electron chi connectivity index (χ0n) is 17.9. The first-order chi connectivity index (χ1) is 15.4. The van der Waals surface area contributed by atoms with Gasteiger partial charge >= 0.3 is 5.97 Å². The lowest BCUT2D eigenvalue weighted by Gasteiger charge is -2.06. The van der Waals surface area contributed by atoms with Crippen molar-refractivity contribution in [1.82, 2.24) is 0 Å². The van der Waals surface area contributed by atoms with Crippen molar-refractivity contribution in [2.45, 2.75) is 20.8 Å². The smallest absolute Gasteiger partial charge is 0.343 e. The number of esters is 1. The molecule has 1 aromatic heterocycles. The molecule has 4 aromatic rings. The summed E-state index contributed by atoms with van der Waals surface area (Å²) in [7, 11) is 0. The van der Waals surface area contributed by atoms with Crippen LogP contribution in [0.1, 0.15) is 27.4 Å². The lowest BCUT2D eigenvalue weighted by atomic mass is 10.1. The van der Waals surface area contributed by atoms with E-state index in [1.165, 1.54) is 6.07 Å². The molecule has 0 bridgehead atoms. The second-order valence-corrected chi connectivity index (χ2v) is 7.76. The van der Waals surface area contributed by atoms with Crippen LogP contribution in [0.2, 0.25) is 0 Å². The normalized spacial score (nSPS) is 12.2. The highest BCUT2D eigenvalue weighted by Crippen LogP contribution is 2.38. The van der Waals surface area contributed by atoms with Crippen LogP contribution < -0.4 is 19.6 Å². The van der Waals surface area contributed by atoms with Crippen molar-refractivity contribution in [2.24, 2.45) is 0 Å². The van der Waals surface area contributed by atoms with Crippen molar-refractivity contribution >= 4 is 16.7 Å². The fourth-order valence-electron chi connectivity index (χ4n) is 3.92. The predicted octanol–water partition coefficient (Wildman–Crippen LogP) is 5.33. The van der Waals surface area contributed by atoms with Crippen molar-refractivity contribution in [1.29, 1.82) is 0 Å². The fourth-order valence-corrected chi connectivity index (χ4v) is 3.92. The van der Waals surface area contributed by atoms with Crippen molar-refractivity contribution in [3.63, 3.8) is 0 Å². The van der Waals surface area contributed by atoms with Crippen LogP contribution in [0.15, 0.2) is 63.8 Å². The van der Waals surface area contributed by atoms with Gasteiger partial charge in [0.2, 0.25) is 6.79 Å². The van der Waals surface area contributed by atoms with Crippen molar-refractivity contribution in [3.05, 3.63) is 87.5 Å². The summed E-state index contributed by atoms with van der Waals surface area (Å²) < 4.78 is 22.4. The number of furan rings is 1. The first kappa shape index (κ1) is 19.9. The summed E-state index contributed by atoms with van der Waals surface area (Å²) in [5.74, 6) is 1.97. The first-order valence-electron chi connectivity index (χ1n) is 10.2. The van der Waals surface area contributed by atoms with E-state index in [1.807, 2.05) is 25.1 Å². The van der Waals surface area contributed by atoms with Crippen molar-refractivity contribution in [3.8, 4) is 28.4 Å². The van der Waals surface area contributed by atoms with Gasteiger partial charge in [-0.15, -0.1) is 0 Å². The molecule has 0 unspecified atom stereocenters. The molecule has 0 aliphatic carbocycles. The van der Waals surface area contributed by atoms with E-state index in [9.17, 15) is 9.59 Å². The molecule has 0 fully saturated rings. The number of fused-ring (bicyclic) bond motifs is 2. The van der Waals surface area contributed by atoms with Gasteiger partial charge in [-0.1, -0.05) is 23.8 Å². The van der Waals surface area contributed by atoms with Gasteiger partial charge in [-0.25, -0.2) is 4.79 Å². The minimum Gasteiger partial charge on any atom is -0.465 e. The Kier molecular flexibility index (Phi) is 4.70. The number of hydrogen-bond donors (Lipinski definition) is 0. The van der Waals surface area contributed by atoms with E-state index in [-0.39, 0.29) is 18.0 Å². The predicted molar refractivity (Wildman–Crippen MR) is 120 cm³/mol. The molecule has 0 saturated heterocycles. The van der Waals surface area contributed by atoms with Gasteiger partial charge in [0.15, 0.2) is 16.9 Å². The largest absolute Gasteiger partial charge is 0.465 e. The number of rotatable bonds is 3. The van der Waals surface area contributed by atoms with Gasteiger partial charge in [-0.2, -0.15) is 0 Å². The van der Waals surface area contributed by atoms with Gasteiger partial charge < -0.3 is 18.6 Å². The summed E-state index contributed by atoms with van der Waals surface area (Å²) >= 11 is 0. The van der Waals surface area contributed by atoms with Crippen LogP contribution in [0.5, 0.6) is 17.2 Å². The highest BCUT2D eigenvalue weighted by Gasteiger charge is 2.20. The monoisotopic (exact) mass is 428 g/mol. The molecule has 32 heavy (non-hydrogen) atoms. The quantitative estimate of drug-likeness (QED) is 0.411. The SMILES string of the molecule is Cc1ccc(C(=O)Oc2cc(-c3ccc4c(c3)OCO4)cc(=O)c3c(C)oc(C)c23)cc1. The van der Waals surface area contributed by atoms with E-state index in [0.717, 1.165) is 11.1 Å². The Morgan fingerprint density at radius 3 is 2.31 bits per heavy atom. The zero-order chi connectivity index (χ0) is 22.4. The Hall–Kier alpha value is -4.06. The van der Waals surface area contributed by atoms with E-state index in [4.69, 9.17) is 18.6 Å². The highest BCUT2D eigenvalue weighted by atomic mass is 16.7. The molecule has 0 amide bonds. The molecule has 0 saturated carbocycles. The fraction of sp³-hybridized carbons (Fsp3) is 0.154. The van der Waals surface area contributed by atoms with Gasteiger partial charge in [0, 0.05) is 0 Å². The minimum absolute atomic E-state index is 0.154. The Morgan fingerprint density at radius 1 is 0.812 bits per heavy atom. The zero-order valence-corrected chi connectivity index (χ0v) is 17.9. The molecule has 2 heterocycles. The maximum absolute atomic E-state index is 13.1. The number of ether oxygens (including phenoxy) is 3. The molecule has 0 N–H and O–H groups in total. The molecule has 160 valence electrons. The molecule has 0 atom stereocenters.